The Labute approximate surface area is 196 Å². The molecule has 0 aromatic heterocycles. The van der Waals surface area contributed by atoms with Crippen molar-refractivity contribution in [1.29, 1.82) is 0 Å². The van der Waals surface area contributed by atoms with Crippen LogP contribution in [0, 0.1) is 12.8 Å². The SMILES string of the molecule is Cc1ccc2c(c1)N=C(c1cc(N3CCC(C(=O)N4CCCCC4)CC3)ccc1O)C=CC2. The minimum absolute atomic E-state index is 0.143. The van der Waals surface area contributed by atoms with E-state index < -0.39 is 0 Å². The number of nitrogens with zero attached hydrogens (tertiary/aromatic N) is 3. The van der Waals surface area contributed by atoms with Crippen LogP contribution in [0.15, 0.2) is 53.5 Å². The summed E-state index contributed by atoms with van der Waals surface area (Å²) in [5.74, 6) is 0.742. The fraction of sp³-hybridized carbons (Fsp3) is 0.429. The number of fused-ring (bicyclic) bond motifs is 1. The zero-order chi connectivity index (χ0) is 22.8. The lowest BCUT2D eigenvalue weighted by Gasteiger charge is -2.36. The lowest BCUT2D eigenvalue weighted by atomic mass is 9.93. The number of hydrogen-bond acceptors (Lipinski definition) is 4. The standard InChI is InChI=1S/C28H33N3O2/c1-20-8-9-21-6-5-7-25(29-26(21)18-20)24-19-23(10-11-27(24)32)30-16-12-22(13-17-30)28(33)31-14-3-2-4-15-31/h5,7-11,18-19,22,32H,2-4,6,12-17H2,1H3. The molecule has 33 heavy (non-hydrogen) atoms. The van der Waals surface area contributed by atoms with Gasteiger partial charge in [-0.1, -0.05) is 18.2 Å². The first-order valence-electron chi connectivity index (χ1n) is 12.3. The molecule has 2 fully saturated rings. The number of phenolic OH excluding ortho intramolecular Hbond substituents is 1. The Balaban J connectivity index is 1.33. The van der Waals surface area contributed by atoms with E-state index in [1.807, 2.05) is 18.2 Å². The molecular formula is C28H33N3O2. The Hall–Kier alpha value is -3.08. The van der Waals surface area contributed by atoms with Crippen molar-refractivity contribution in [3.63, 3.8) is 0 Å². The summed E-state index contributed by atoms with van der Waals surface area (Å²) in [6.45, 7) is 5.65. The summed E-state index contributed by atoms with van der Waals surface area (Å²) in [6.07, 6.45) is 10.3. The van der Waals surface area contributed by atoms with Gasteiger partial charge in [-0.25, -0.2) is 4.99 Å². The summed E-state index contributed by atoms with van der Waals surface area (Å²) in [7, 11) is 0. The highest BCUT2D eigenvalue weighted by molar-refractivity contribution is 6.12. The van der Waals surface area contributed by atoms with E-state index in [0.29, 0.717) is 5.91 Å². The zero-order valence-electron chi connectivity index (χ0n) is 19.5. The molecule has 5 rings (SSSR count). The van der Waals surface area contributed by atoms with Crippen molar-refractivity contribution in [3.8, 4) is 5.75 Å². The number of likely N-dealkylation sites (tertiary alicyclic amines) is 1. The van der Waals surface area contributed by atoms with Crippen LogP contribution < -0.4 is 4.90 Å². The number of anilines is 1. The zero-order valence-corrected chi connectivity index (χ0v) is 19.5. The third kappa shape index (κ3) is 4.68. The number of carbonyl (C=O) groups excluding carboxylic acids is 1. The largest absolute Gasteiger partial charge is 0.507 e. The van der Waals surface area contributed by atoms with Gasteiger partial charge in [0.25, 0.3) is 0 Å². The van der Waals surface area contributed by atoms with E-state index >= 15 is 0 Å². The molecule has 3 aliphatic heterocycles. The lowest BCUT2D eigenvalue weighted by Crippen LogP contribution is -2.44. The van der Waals surface area contributed by atoms with Crippen LogP contribution in [-0.2, 0) is 11.2 Å². The highest BCUT2D eigenvalue weighted by atomic mass is 16.3. The fourth-order valence-electron chi connectivity index (χ4n) is 5.25. The molecule has 0 atom stereocenters. The van der Waals surface area contributed by atoms with Crippen LogP contribution in [0.5, 0.6) is 5.75 Å². The molecule has 2 aromatic carbocycles. The second-order valence-corrected chi connectivity index (χ2v) is 9.58. The van der Waals surface area contributed by atoms with Crippen LogP contribution in [0.2, 0.25) is 0 Å². The van der Waals surface area contributed by atoms with Crippen LogP contribution in [0.4, 0.5) is 11.4 Å². The minimum Gasteiger partial charge on any atom is -0.507 e. The number of aryl methyl sites for hydroxylation is 1. The van der Waals surface area contributed by atoms with Crippen LogP contribution >= 0.6 is 0 Å². The molecule has 1 N–H and O–H groups in total. The van der Waals surface area contributed by atoms with Crippen LogP contribution in [0.3, 0.4) is 0 Å². The molecule has 3 heterocycles. The van der Waals surface area contributed by atoms with Gasteiger partial charge in [0.2, 0.25) is 5.91 Å². The maximum absolute atomic E-state index is 12.9. The van der Waals surface area contributed by atoms with Gasteiger partial charge in [-0.2, -0.15) is 0 Å². The average Bonchev–Trinajstić information content (AvgIpc) is 3.06. The monoisotopic (exact) mass is 443 g/mol. The molecule has 0 bridgehead atoms. The predicted molar refractivity (Wildman–Crippen MR) is 134 cm³/mol. The number of hydrogen-bond donors (Lipinski definition) is 1. The second kappa shape index (κ2) is 9.42. The maximum Gasteiger partial charge on any atom is 0.225 e. The quantitative estimate of drug-likeness (QED) is 0.713. The molecular weight excluding hydrogens is 410 g/mol. The summed E-state index contributed by atoms with van der Waals surface area (Å²) in [5.41, 5.74) is 5.97. The number of aliphatic imine (C=N–C) groups is 1. The van der Waals surface area contributed by atoms with Crippen LogP contribution in [0.25, 0.3) is 0 Å². The highest BCUT2D eigenvalue weighted by Crippen LogP contribution is 2.32. The normalized spacial score (nSPS) is 19.1. The molecule has 0 radical (unpaired) electrons. The first-order valence-corrected chi connectivity index (χ1v) is 12.3. The molecule has 5 heteroatoms. The molecule has 2 saturated heterocycles. The number of benzene rings is 2. The number of amides is 1. The van der Waals surface area contributed by atoms with Crippen molar-refractivity contribution in [3.05, 3.63) is 65.2 Å². The predicted octanol–water partition coefficient (Wildman–Crippen LogP) is 5.16. The molecule has 3 aliphatic rings. The summed E-state index contributed by atoms with van der Waals surface area (Å²) in [5, 5.41) is 10.7. The van der Waals surface area contributed by atoms with Crippen molar-refractivity contribution in [2.24, 2.45) is 10.9 Å². The van der Waals surface area contributed by atoms with Gasteiger partial charge in [0, 0.05) is 43.3 Å². The smallest absolute Gasteiger partial charge is 0.225 e. The number of piperidine rings is 2. The number of allylic oxidation sites excluding steroid dienone is 2. The summed E-state index contributed by atoms with van der Waals surface area (Å²) < 4.78 is 0. The van der Waals surface area contributed by atoms with Crippen molar-refractivity contribution in [1.82, 2.24) is 4.90 Å². The van der Waals surface area contributed by atoms with E-state index in [1.54, 1.807) is 6.07 Å². The van der Waals surface area contributed by atoms with Gasteiger partial charge in [0.15, 0.2) is 0 Å². The second-order valence-electron chi connectivity index (χ2n) is 9.58. The van der Waals surface area contributed by atoms with Crippen LogP contribution in [0.1, 0.15) is 48.8 Å². The third-order valence-electron chi connectivity index (χ3n) is 7.23. The summed E-state index contributed by atoms with van der Waals surface area (Å²) >= 11 is 0. The molecule has 0 saturated carbocycles. The molecule has 5 nitrogen and oxygen atoms in total. The highest BCUT2D eigenvalue weighted by Gasteiger charge is 2.29. The van der Waals surface area contributed by atoms with Crippen molar-refractivity contribution in [2.45, 2.75) is 45.4 Å². The van der Waals surface area contributed by atoms with Crippen molar-refractivity contribution in [2.75, 3.05) is 31.1 Å². The van der Waals surface area contributed by atoms with E-state index in [0.717, 1.165) is 80.9 Å². The first kappa shape index (κ1) is 21.7. The van der Waals surface area contributed by atoms with Gasteiger partial charge >= 0.3 is 0 Å². The maximum atomic E-state index is 12.9. The molecule has 2 aromatic rings. The number of phenols is 1. The summed E-state index contributed by atoms with van der Waals surface area (Å²) in [4.78, 5) is 22.2. The van der Waals surface area contributed by atoms with Gasteiger partial charge in [-0.05, 0) is 86.9 Å². The number of rotatable bonds is 3. The van der Waals surface area contributed by atoms with E-state index in [1.165, 1.54) is 17.5 Å². The Kier molecular flexibility index (Phi) is 6.21. The van der Waals surface area contributed by atoms with E-state index in [2.05, 4.69) is 41.0 Å². The Morgan fingerprint density at radius 1 is 1.00 bits per heavy atom. The van der Waals surface area contributed by atoms with Gasteiger partial charge in [-0.15, -0.1) is 0 Å². The van der Waals surface area contributed by atoms with Gasteiger partial charge in [0.05, 0.1) is 11.4 Å². The fourth-order valence-corrected chi connectivity index (χ4v) is 5.25. The Morgan fingerprint density at radius 3 is 2.58 bits per heavy atom. The van der Waals surface area contributed by atoms with E-state index in [4.69, 9.17) is 4.99 Å². The Bertz CT molecular complexity index is 1090. The van der Waals surface area contributed by atoms with E-state index in [9.17, 15) is 9.90 Å². The third-order valence-corrected chi connectivity index (χ3v) is 7.23. The lowest BCUT2D eigenvalue weighted by molar-refractivity contribution is -0.137. The molecule has 0 spiro atoms. The molecule has 172 valence electrons. The van der Waals surface area contributed by atoms with Crippen molar-refractivity contribution < 1.29 is 9.90 Å². The first-order chi connectivity index (χ1) is 16.1. The number of aromatic hydroxyl groups is 1. The van der Waals surface area contributed by atoms with Crippen molar-refractivity contribution >= 4 is 23.0 Å². The molecule has 0 aliphatic carbocycles. The summed E-state index contributed by atoms with van der Waals surface area (Å²) in [6, 6.07) is 12.1. The minimum atomic E-state index is 0.143. The van der Waals surface area contributed by atoms with Crippen LogP contribution in [-0.4, -0.2) is 47.8 Å². The molecule has 1 amide bonds. The molecule has 0 unspecified atom stereocenters. The number of carbonyl (C=O) groups is 1. The van der Waals surface area contributed by atoms with Gasteiger partial charge in [-0.3, -0.25) is 4.79 Å². The van der Waals surface area contributed by atoms with Gasteiger partial charge < -0.3 is 14.9 Å². The Morgan fingerprint density at radius 2 is 1.79 bits per heavy atom. The van der Waals surface area contributed by atoms with E-state index in [-0.39, 0.29) is 11.7 Å². The average molecular weight is 444 g/mol. The topological polar surface area (TPSA) is 56.1 Å². The van der Waals surface area contributed by atoms with Gasteiger partial charge in [0.1, 0.15) is 5.75 Å².